The number of halogens is 1. The average Bonchev–Trinajstić information content (AvgIpc) is 3.29. The van der Waals surface area contributed by atoms with Gasteiger partial charge in [-0.2, -0.15) is 9.78 Å². The third-order valence-electron chi connectivity index (χ3n) is 3.71. The summed E-state index contributed by atoms with van der Waals surface area (Å²) in [7, 11) is 0. The van der Waals surface area contributed by atoms with Crippen LogP contribution in [0, 0.1) is 10.1 Å². The average molecular weight is 420 g/mol. The van der Waals surface area contributed by atoms with Crippen LogP contribution in [0.25, 0.3) is 5.82 Å². The molecule has 13 nitrogen and oxygen atoms in total. The molecule has 3 N–H and O–H groups in total. The van der Waals surface area contributed by atoms with Gasteiger partial charge >= 0.3 is 0 Å². The number of carbonyl (C=O) groups is 1. The van der Waals surface area contributed by atoms with Crippen molar-refractivity contribution in [1.82, 2.24) is 30.7 Å². The fourth-order valence-electron chi connectivity index (χ4n) is 2.42. The zero-order valence-electron chi connectivity index (χ0n) is 14.9. The highest BCUT2D eigenvalue weighted by atomic mass is 35.5. The molecule has 3 aromatic rings. The maximum atomic E-state index is 12.5. The van der Waals surface area contributed by atoms with Crippen molar-refractivity contribution in [1.29, 1.82) is 0 Å². The molecular formula is C15H14ClN9O4. The van der Waals surface area contributed by atoms with Gasteiger partial charge < -0.3 is 5.73 Å². The molecule has 1 aromatic carbocycles. The highest BCUT2D eigenvalue weighted by Crippen LogP contribution is 2.24. The molecule has 2 aromatic heterocycles. The first-order chi connectivity index (χ1) is 13.9. The van der Waals surface area contributed by atoms with E-state index in [1.165, 1.54) is 29.1 Å². The van der Waals surface area contributed by atoms with E-state index in [2.05, 4.69) is 35.8 Å². The summed E-state index contributed by atoms with van der Waals surface area (Å²) in [5.41, 5.74) is 8.55. The van der Waals surface area contributed by atoms with Crippen LogP contribution in [0.1, 0.15) is 35.1 Å². The van der Waals surface area contributed by atoms with Gasteiger partial charge in [0.05, 0.1) is 16.8 Å². The van der Waals surface area contributed by atoms with Crippen molar-refractivity contribution in [2.45, 2.75) is 19.8 Å². The maximum absolute atomic E-state index is 12.5. The molecule has 0 bridgehead atoms. The summed E-state index contributed by atoms with van der Waals surface area (Å²) >= 11 is 5.76. The van der Waals surface area contributed by atoms with Crippen LogP contribution in [-0.2, 0) is 6.42 Å². The minimum absolute atomic E-state index is 0.00127. The van der Waals surface area contributed by atoms with Crippen LogP contribution in [0.3, 0.4) is 0 Å². The Bertz CT molecular complexity index is 1090. The van der Waals surface area contributed by atoms with Gasteiger partial charge in [0.25, 0.3) is 11.6 Å². The van der Waals surface area contributed by atoms with Crippen LogP contribution in [-0.4, -0.2) is 42.4 Å². The van der Waals surface area contributed by atoms with Crippen molar-refractivity contribution in [3.63, 3.8) is 0 Å². The minimum Gasteiger partial charge on any atom is -0.378 e. The number of aromatic nitrogens is 5. The second-order valence-electron chi connectivity index (χ2n) is 5.69. The summed E-state index contributed by atoms with van der Waals surface area (Å²) in [5.74, 6) is -0.507. The van der Waals surface area contributed by atoms with E-state index in [4.69, 9.17) is 17.3 Å². The molecule has 0 aliphatic rings. The number of carbonyl (C=O) groups excluding carboxylic acids is 1. The van der Waals surface area contributed by atoms with Gasteiger partial charge in [0.2, 0.25) is 11.6 Å². The molecule has 3 rings (SSSR count). The highest BCUT2D eigenvalue weighted by molar-refractivity contribution is 6.32. The number of rotatable bonds is 7. The number of hydrogen-bond donors (Lipinski definition) is 2. The number of nitrogens with zero attached hydrogens (tertiary/aromatic N) is 7. The smallest absolute Gasteiger partial charge is 0.293 e. The largest absolute Gasteiger partial charge is 0.378 e. The SMILES string of the molecule is CCCc1c(C(=O)NN=Cc2ccc(Cl)c([N+](=O)[O-])c2)nnn1-c1nonc1N. The van der Waals surface area contributed by atoms with Crippen molar-refractivity contribution < 1.29 is 14.3 Å². The Kier molecular flexibility index (Phi) is 5.78. The van der Waals surface area contributed by atoms with Gasteiger partial charge in [-0.05, 0) is 22.8 Å². The van der Waals surface area contributed by atoms with E-state index in [0.717, 1.165) is 0 Å². The van der Waals surface area contributed by atoms with Gasteiger partial charge in [-0.1, -0.05) is 36.2 Å². The Morgan fingerprint density at radius 2 is 2.28 bits per heavy atom. The molecule has 0 saturated carbocycles. The summed E-state index contributed by atoms with van der Waals surface area (Å²) in [5, 5.41) is 29.6. The molecular weight excluding hydrogens is 406 g/mol. The van der Waals surface area contributed by atoms with Crippen molar-refractivity contribution in [3.05, 3.63) is 50.3 Å². The van der Waals surface area contributed by atoms with E-state index >= 15 is 0 Å². The van der Waals surface area contributed by atoms with Crippen LogP contribution in [0.15, 0.2) is 27.9 Å². The molecule has 0 saturated heterocycles. The van der Waals surface area contributed by atoms with E-state index in [1.54, 1.807) is 0 Å². The third-order valence-corrected chi connectivity index (χ3v) is 4.03. The van der Waals surface area contributed by atoms with Gasteiger partial charge in [0, 0.05) is 11.6 Å². The number of amides is 1. The Morgan fingerprint density at radius 3 is 2.93 bits per heavy atom. The predicted molar refractivity (Wildman–Crippen MR) is 101 cm³/mol. The van der Waals surface area contributed by atoms with Crippen molar-refractivity contribution in [3.8, 4) is 5.82 Å². The summed E-state index contributed by atoms with van der Waals surface area (Å²) in [4.78, 5) is 22.8. The van der Waals surface area contributed by atoms with E-state index < -0.39 is 10.8 Å². The standard InChI is InChI=1S/C15H14ClN9O4/c1-2-3-10-12(19-23-24(10)14-13(17)21-29-22-14)15(26)20-18-7-8-4-5-9(16)11(6-8)25(27)28/h4-7H,2-3H2,1H3,(H2,17,21)(H,20,26). The minimum atomic E-state index is -0.630. The van der Waals surface area contributed by atoms with E-state index in [-0.39, 0.29) is 28.0 Å². The Morgan fingerprint density at radius 1 is 1.48 bits per heavy atom. The lowest BCUT2D eigenvalue weighted by atomic mass is 10.2. The monoisotopic (exact) mass is 419 g/mol. The molecule has 0 unspecified atom stereocenters. The first-order valence-electron chi connectivity index (χ1n) is 8.22. The third kappa shape index (κ3) is 4.19. The molecule has 29 heavy (non-hydrogen) atoms. The number of hydrazone groups is 1. The molecule has 0 radical (unpaired) electrons. The normalized spacial score (nSPS) is 11.1. The zero-order valence-corrected chi connectivity index (χ0v) is 15.7. The zero-order chi connectivity index (χ0) is 21.0. The van der Waals surface area contributed by atoms with E-state index in [0.29, 0.717) is 24.1 Å². The Hall–Kier alpha value is -3.87. The summed E-state index contributed by atoms with van der Waals surface area (Å²) in [6.07, 6.45) is 2.39. The Balaban J connectivity index is 1.80. The van der Waals surface area contributed by atoms with Crippen LogP contribution in [0.5, 0.6) is 0 Å². The second-order valence-corrected chi connectivity index (χ2v) is 6.09. The number of nitro groups is 1. The Labute approximate surface area is 167 Å². The number of benzene rings is 1. The maximum Gasteiger partial charge on any atom is 0.293 e. The van der Waals surface area contributed by atoms with E-state index in [9.17, 15) is 14.9 Å². The lowest BCUT2D eigenvalue weighted by Crippen LogP contribution is -2.20. The summed E-state index contributed by atoms with van der Waals surface area (Å²) in [6, 6.07) is 4.12. The lowest BCUT2D eigenvalue weighted by Gasteiger charge is -2.03. The number of nitro benzene ring substituents is 1. The van der Waals surface area contributed by atoms with Gasteiger partial charge in [-0.15, -0.1) is 5.10 Å². The van der Waals surface area contributed by atoms with Crippen LogP contribution in [0.4, 0.5) is 11.5 Å². The number of nitrogens with one attached hydrogen (secondary N) is 1. The molecule has 0 spiro atoms. The lowest BCUT2D eigenvalue weighted by molar-refractivity contribution is -0.384. The van der Waals surface area contributed by atoms with Gasteiger partial charge in [-0.25, -0.2) is 10.1 Å². The number of anilines is 1. The van der Waals surface area contributed by atoms with Crippen molar-refractivity contribution in [2.24, 2.45) is 5.10 Å². The summed E-state index contributed by atoms with van der Waals surface area (Å²) < 4.78 is 5.83. The number of hydrogen-bond acceptors (Lipinski definition) is 10. The van der Waals surface area contributed by atoms with Crippen LogP contribution in [0.2, 0.25) is 5.02 Å². The number of nitrogen functional groups attached to an aromatic ring is 1. The van der Waals surface area contributed by atoms with Crippen LogP contribution < -0.4 is 11.2 Å². The first-order valence-corrected chi connectivity index (χ1v) is 8.60. The molecule has 1 amide bonds. The summed E-state index contributed by atoms with van der Waals surface area (Å²) in [6.45, 7) is 1.91. The quantitative estimate of drug-likeness (QED) is 0.325. The van der Waals surface area contributed by atoms with Gasteiger partial charge in [-0.3, -0.25) is 14.9 Å². The number of nitrogens with two attached hydrogens (primary N) is 1. The van der Waals surface area contributed by atoms with Gasteiger partial charge in [0.15, 0.2) is 5.69 Å². The van der Waals surface area contributed by atoms with Crippen molar-refractivity contribution >= 4 is 35.2 Å². The molecule has 0 atom stereocenters. The molecule has 2 heterocycles. The topological polar surface area (TPSA) is 180 Å². The van der Waals surface area contributed by atoms with Gasteiger partial charge in [0.1, 0.15) is 5.02 Å². The fourth-order valence-corrected chi connectivity index (χ4v) is 2.60. The molecule has 0 aliphatic carbocycles. The second kappa shape index (κ2) is 8.43. The molecule has 150 valence electrons. The molecule has 14 heteroatoms. The van der Waals surface area contributed by atoms with Crippen molar-refractivity contribution in [2.75, 3.05) is 5.73 Å². The molecule has 0 fully saturated rings. The highest BCUT2D eigenvalue weighted by Gasteiger charge is 2.23. The fraction of sp³-hybridized carbons (Fsp3) is 0.200. The van der Waals surface area contributed by atoms with E-state index in [1.807, 2.05) is 6.92 Å². The predicted octanol–water partition coefficient (Wildman–Crippen LogP) is 1.51. The first kappa shape index (κ1) is 19.9. The van der Waals surface area contributed by atoms with Crippen LogP contribution >= 0.6 is 11.6 Å². The molecule has 0 aliphatic heterocycles.